The third kappa shape index (κ3) is 3.24. The van der Waals surface area contributed by atoms with E-state index in [2.05, 4.69) is 5.32 Å². The first-order valence-corrected chi connectivity index (χ1v) is 6.48. The van der Waals surface area contributed by atoms with E-state index in [1.807, 2.05) is 6.92 Å². The van der Waals surface area contributed by atoms with E-state index in [4.69, 9.17) is 5.11 Å². The number of carbonyl (C=O) groups is 2. The second-order valence-electron chi connectivity index (χ2n) is 4.83. The molecule has 2 amide bonds. The van der Waals surface area contributed by atoms with Crippen LogP contribution in [0.25, 0.3) is 0 Å². The van der Waals surface area contributed by atoms with Crippen LogP contribution in [-0.4, -0.2) is 35.1 Å². The Labute approximate surface area is 112 Å². The molecule has 19 heavy (non-hydrogen) atoms. The van der Waals surface area contributed by atoms with Crippen LogP contribution in [0.1, 0.15) is 35.2 Å². The molecule has 1 aromatic carbocycles. The Morgan fingerprint density at radius 2 is 1.89 bits per heavy atom. The minimum Gasteiger partial charge on any atom is -0.478 e. The number of anilines is 1. The number of carboxylic acids is 1. The molecule has 1 heterocycles. The average Bonchev–Trinajstić information content (AvgIpc) is 2.41. The van der Waals surface area contributed by atoms with Crippen molar-refractivity contribution >= 4 is 17.7 Å². The number of carbonyl (C=O) groups excluding carboxylic acids is 1. The molecular weight excluding hydrogens is 244 g/mol. The second kappa shape index (κ2) is 5.73. The maximum Gasteiger partial charge on any atom is 0.337 e. The Bertz CT molecular complexity index is 493. The smallest absolute Gasteiger partial charge is 0.337 e. The SMILES string of the molecule is Cc1ccc(NC(=O)N2CCCCC2)c(C(=O)O)c1. The average molecular weight is 262 g/mol. The lowest BCUT2D eigenvalue weighted by Crippen LogP contribution is -2.38. The highest BCUT2D eigenvalue weighted by Gasteiger charge is 2.18. The largest absolute Gasteiger partial charge is 0.478 e. The molecule has 0 aliphatic carbocycles. The highest BCUT2D eigenvalue weighted by molar-refractivity contribution is 6.00. The molecule has 1 aliphatic rings. The maximum atomic E-state index is 12.0. The quantitative estimate of drug-likeness (QED) is 0.861. The van der Waals surface area contributed by atoms with Crippen LogP contribution in [0.2, 0.25) is 0 Å². The molecule has 5 nitrogen and oxygen atoms in total. The number of amides is 2. The topological polar surface area (TPSA) is 69.6 Å². The number of piperidine rings is 1. The number of nitrogens with zero attached hydrogens (tertiary/aromatic N) is 1. The van der Waals surface area contributed by atoms with Crippen LogP contribution in [0.4, 0.5) is 10.5 Å². The highest BCUT2D eigenvalue weighted by atomic mass is 16.4. The summed E-state index contributed by atoms with van der Waals surface area (Å²) in [4.78, 5) is 24.9. The van der Waals surface area contributed by atoms with Crippen molar-refractivity contribution in [2.24, 2.45) is 0 Å². The highest BCUT2D eigenvalue weighted by Crippen LogP contribution is 2.19. The number of likely N-dealkylation sites (tertiary alicyclic amines) is 1. The van der Waals surface area contributed by atoms with Gasteiger partial charge in [0.05, 0.1) is 11.3 Å². The number of nitrogens with one attached hydrogen (secondary N) is 1. The minimum atomic E-state index is -1.03. The Balaban J connectivity index is 2.13. The van der Waals surface area contributed by atoms with E-state index < -0.39 is 5.97 Å². The van der Waals surface area contributed by atoms with Gasteiger partial charge in [-0.25, -0.2) is 9.59 Å². The van der Waals surface area contributed by atoms with Gasteiger partial charge in [0.2, 0.25) is 0 Å². The first kappa shape index (κ1) is 13.4. The number of carboxylic acid groups (broad SMARTS) is 1. The van der Waals surface area contributed by atoms with E-state index in [9.17, 15) is 9.59 Å². The van der Waals surface area contributed by atoms with Crippen molar-refractivity contribution in [3.05, 3.63) is 29.3 Å². The van der Waals surface area contributed by atoms with Gasteiger partial charge in [0, 0.05) is 13.1 Å². The Kier molecular flexibility index (Phi) is 4.04. The van der Waals surface area contributed by atoms with Crippen molar-refractivity contribution in [3.63, 3.8) is 0 Å². The third-order valence-corrected chi connectivity index (χ3v) is 3.29. The first-order valence-electron chi connectivity index (χ1n) is 6.48. The predicted octanol–water partition coefficient (Wildman–Crippen LogP) is 2.71. The van der Waals surface area contributed by atoms with Crippen LogP contribution in [0.5, 0.6) is 0 Å². The van der Waals surface area contributed by atoms with Crippen molar-refractivity contribution in [2.75, 3.05) is 18.4 Å². The van der Waals surface area contributed by atoms with Gasteiger partial charge in [-0.2, -0.15) is 0 Å². The fraction of sp³-hybridized carbons (Fsp3) is 0.429. The van der Waals surface area contributed by atoms with Crippen molar-refractivity contribution in [1.82, 2.24) is 4.90 Å². The monoisotopic (exact) mass is 262 g/mol. The van der Waals surface area contributed by atoms with Gasteiger partial charge in [0.25, 0.3) is 0 Å². The summed E-state index contributed by atoms with van der Waals surface area (Å²) < 4.78 is 0. The molecule has 2 N–H and O–H groups in total. The predicted molar refractivity (Wildman–Crippen MR) is 72.6 cm³/mol. The molecule has 0 radical (unpaired) electrons. The molecule has 1 saturated heterocycles. The van der Waals surface area contributed by atoms with Gasteiger partial charge in [-0.15, -0.1) is 0 Å². The number of aryl methyl sites for hydroxylation is 1. The number of hydrogen-bond acceptors (Lipinski definition) is 2. The van der Waals surface area contributed by atoms with E-state index in [0.717, 1.165) is 37.9 Å². The summed E-state index contributed by atoms with van der Waals surface area (Å²) in [5, 5.41) is 11.8. The number of hydrogen-bond donors (Lipinski definition) is 2. The molecule has 0 atom stereocenters. The van der Waals surface area contributed by atoms with Crippen LogP contribution in [0, 0.1) is 6.92 Å². The molecule has 0 bridgehead atoms. The Morgan fingerprint density at radius 3 is 2.53 bits per heavy atom. The summed E-state index contributed by atoms with van der Waals surface area (Å²) in [7, 11) is 0. The number of urea groups is 1. The zero-order valence-electron chi connectivity index (χ0n) is 11.0. The lowest BCUT2D eigenvalue weighted by atomic mass is 10.1. The van der Waals surface area contributed by atoms with E-state index in [0.29, 0.717) is 5.69 Å². The summed E-state index contributed by atoms with van der Waals surface area (Å²) in [6, 6.07) is 4.78. The van der Waals surface area contributed by atoms with Gasteiger partial charge in [0.15, 0.2) is 0 Å². The minimum absolute atomic E-state index is 0.130. The van der Waals surface area contributed by atoms with Crippen LogP contribution in [0.15, 0.2) is 18.2 Å². The van der Waals surface area contributed by atoms with Crippen molar-refractivity contribution in [2.45, 2.75) is 26.2 Å². The zero-order valence-corrected chi connectivity index (χ0v) is 11.0. The number of rotatable bonds is 2. The molecule has 1 aliphatic heterocycles. The number of aromatic carboxylic acids is 1. The fourth-order valence-corrected chi connectivity index (χ4v) is 2.24. The Morgan fingerprint density at radius 1 is 1.21 bits per heavy atom. The molecule has 0 unspecified atom stereocenters. The van der Waals surface area contributed by atoms with E-state index in [1.54, 1.807) is 23.1 Å². The molecule has 0 aromatic heterocycles. The van der Waals surface area contributed by atoms with Gasteiger partial charge in [0.1, 0.15) is 0 Å². The van der Waals surface area contributed by atoms with Gasteiger partial charge >= 0.3 is 12.0 Å². The third-order valence-electron chi connectivity index (χ3n) is 3.29. The van der Waals surface area contributed by atoms with Crippen molar-refractivity contribution in [3.8, 4) is 0 Å². The second-order valence-corrected chi connectivity index (χ2v) is 4.83. The van der Waals surface area contributed by atoms with Gasteiger partial charge in [-0.1, -0.05) is 11.6 Å². The molecule has 102 valence electrons. The first-order chi connectivity index (χ1) is 9.08. The maximum absolute atomic E-state index is 12.0. The van der Waals surface area contributed by atoms with Gasteiger partial charge in [-0.05, 0) is 38.3 Å². The molecule has 1 fully saturated rings. The van der Waals surface area contributed by atoms with Crippen LogP contribution in [0.3, 0.4) is 0 Å². The summed E-state index contributed by atoms with van der Waals surface area (Å²) >= 11 is 0. The molecule has 0 saturated carbocycles. The molecule has 5 heteroatoms. The fourth-order valence-electron chi connectivity index (χ4n) is 2.24. The van der Waals surface area contributed by atoms with E-state index in [-0.39, 0.29) is 11.6 Å². The summed E-state index contributed by atoms with van der Waals surface area (Å²) in [6.45, 7) is 3.29. The lowest BCUT2D eigenvalue weighted by molar-refractivity contribution is 0.0698. The van der Waals surface area contributed by atoms with Gasteiger partial charge < -0.3 is 15.3 Å². The van der Waals surface area contributed by atoms with Crippen molar-refractivity contribution < 1.29 is 14.7 Å². The normalized spacial score (nSPS) is 15.1. The van der Waals surface area contributed by atoms with E-state index in [1.165, 1.54) is 0 Å². The summed E-state index contributed by atoms with van der Waals surface area (Å²) in [6.07, 6.45) is 3.16. The molecular formula is C14H18N2O3. The Hall–Kier alpha value is -2.04. The van der Waals surface area contributed by atoms with E-state index >= 15 is 0 Å². The van der Waals surface area contributed by atoms with Crippen LogP contribution >= 0.6 is 0 Å². The van der Waals surface area contributed by atoms with Crippen molar-refractivity contribution in [1.29, 1.82) is 0 Å². The molecule has 2 rings (SSSR count). The number of benzene rings is 1. The molecule has 0 spiro atoms. The van der Waals surface area contributed by atoms with Crippen LogP contribution in [-0.2, 0) is 0 Å². The van der Waals surface area contributed by atoms with Crippen LogP contribution < -0.4 is 5.32 Å². The zero-order chi connectivity index (χ0) is 13.8. The standard InChI is InChI=1S/C14H18N2O3/c1-10-5-6-12(11(9-10)13(17)18)15-14(19)16-7-3-2-4-8-16/h5-6,9H,2-4,7-8H2,1H3,(H,15,19)(H,17,18). The van der Waals surface area contributed by atoms with Gasteiger partial charge in [-0.3, -0.25) is 0 Å². The molecule has 1 aromatic rings. The summed E-state index contributed by atoms with van der Waals surface area (Å²) in [5.74, 6) is -1.03. The summed E-state index contributed by atoms with van der Waals surface area (Å²) in [5.41, 5.74) is 1.34. The lowest BCUT2D eigenvalue weighted by Gasteiger charge is -2.27.